The summed E-state index contributed by atoms with van der Waals surface area (Å²) in [5, 5.41) is 3.74. The molecule has 0 saturated heterocycles. The maximum Gasteiger partial charge on any atom is 0.264 e. The van der Waals surface area contributed by atoms with E-state index >= 15 is 0 Å². The average molecular weight is 659 g/mol. The maximum absolute atomic E-state index is 14.1. The number of hydrogen-bond acceptors (Lipinski definition) is 4. The molecule has 0 fully saturated rings. The Morgan fingerprint density at radius 1 is 0.902 bits per heavy atom. The number of carbonyl (C=O) groups excluding carboxylic acids is 2. The molecule has 0 bridgehead atoms. The number of aryl methyl sites for hydroxylation is 1. The first-order valence-corrected chi connectivity index (χ1v) is 15.6. The molecule has 1 atom stereocenters. The number of halogens is 4. The van der Waals surface area contributed by atoms with E-state index in [4.69, 9.17) is 46.4 Å². The molecular formula is C29H31Cl4N3O4S. The summed E-state index contributed by atoms with van der Waals surface area (Å²) in [6.45, 7) is 7.97. The molecule has 2 amide bonds. The van der Waals surface area contributed by atoms with E-state index in [1.54, 1.807) is 37.3 Å². The van der Waals surface area contributed by atoms with Gasteiger partial charge in [0.1, 0.15) is 12.6 Å². The number of nitrogens with one attached hydrogen (secondary N) is 1. The average Bonchev–Trinajstić information content (AvgIpc) is 2.87. The van der Waals surface area contributed by atoms with Crippen molar-refractivity contribution in [3.63, 3.8) is 0 Å². The van der Waals surface area contributed by atoms with Crippen molar-refractivity contribution in [1.82, 2.24) is 10.2 Å². The Balaban J connectivity index is 2.12. The van der Waals surface area contributed by atoms with Gasteiger partial charge in [0.05, 0.1) is 15.6 Å². The molecule has 1 N–H and O–H groups in total. The minimum atomic E-state index is -4.31. The number of anilines is 1. The van der Waals surface area contributed by atoms with Gasteiger partial charge in [0, 0.05) is 32.7 Å². The normalized spacial score (nSPS) is 12.5. The van der Waals surface area contributed by atoms with E-state index in [2.05, 4.69) is 5.32 Å². The second kappa shape index (κ2) is 13.2. The largest absolute Gasteiger partial charge is 0.350 e. The van der Waals surface area contributed by atoms with Gasteiger partial charge in [-0.2, -0.15) is 0 Å². The van der Waals surface area contributed by atoms with Crippen molar-refractivity contribution in [2.45, 2.75) is 57.6 Å². The van der Waals surface area contributed by atoms with Gasteiger partial charge in [-0.25, -0.2) is 8.42 Å². The van der Waals surface area contributed by atoms with E-state index in [0.29, 0.717) is 15.6 Å². The molecule has 0 aliphatic rings. The lowest BCUT2D eigenvalue weighted by Gasteiger charge is -2.34. The monoisotopic (exact) mass is 657 g/mol. The minimum Gasteiger partial charge on any atom is -0.350 e. The summed E-state index contributed by atoms with van der Waals surface area (Å²) in [7, 11) is -4.31. The standard InChI is InChI=1S/C29H31Cl4N3O4S/c1-18-9-12-21(13-10-18)41(39,40)36(26-15-20(30)11-14-25(26)33)17-27(37)35(19(2)28(38)34-29(3,4)5)16-22-23(31)7-6-8-24(22)32/h6-15,19H,16-17H2,1-5H3,(H,34,38). The van der Waals surface area contributed by atoms with Crippen LogP contribution in [0.25, 0.3) is 0 Å². The third-order valence-electron chi connectivity index (χ3n) is 6.12. The van der Waals surface area contributed by atoms with Crippen LogP contribution in [0.15, 0.2) is 65.6 Å². The highest BCUT2D eigenvalue weighted by Gasteiger charge is 2.34. The van der Waals surface area contributed by atoms with Gasteiger partial charge < -0.3 is 10.2 Å². The summed E-state index contributed by atoms with van der Waals surface area (Å²) in [5.41, 5.74) is 0.690. The lowest BCUT2D eigenvalue weighted by molar-refractivity contribution is -0.140. The molecule has 0 heterocycles. The number of carbonyl (C=O) groups is 2. The van der Waals surface area contributed by atoms with Gasteiger partial charge in [-0.15, -0.1) is 0 Å². The molecule has 3 aromatic carbocycles. The van der Waals surface area contributed by atoms with Gasteiger partial charge in [0.25, 0.3) is 10.0 Å². The fourth-order valence-corrected chi connectivity index (χ4v) is 6.32. The molecule has 3 rings (SSSR count). The summed E-state index contributed by atoms with van der Waals surface area (Å²) in [6.07, 6.45) is 0. The topological polar surface area (TPSA) is 86.8 Å². The van der Waals surface area contributed by atoms with Crippen LogP contribution in [-0.2, 0) is 26.2 Å². The molecule has 0 aromatic heterocycles. The van der Waals surface area contributed by atoms with E-state index in [1.165, 1.54) is 35.2 Å². The summed E-state index contributed by atoms with van der Waals surface area (Å²) < 4.78 is 28.8. The van der Waals surface area contributed by atoms with Gasteiger partial charge in [-0.3, -0.25) is 13.9 Å². The Morgan fingerprint density at radius 2 is 1.49 bits per heavy atom. The van der Waals surface area contributed by atoms with Crippen LogP contribution in [0.3, 0.4) is 0 Å². The van der Waals surface area contributed by atoms with Crippen molar-refractivity contribution in [2.75, 3.05) is 10.8 Å². The van der Waals surface area contributed by atoms with Crippen LogP contribution in [0.5, 0.6) is 0 Å². The van der Waals surface area contributed by atoms with Crippen LogP contribution in [-0.4, -0.2) is 43.3 Å². The fourth-order valence-electron chi connectivity index (χ4n) is 3.94. The van der Waals surface area contributed by atoms with Crippen LogP contribution in [0.2, 0.25) is 20.1 Å². The third kappa shape index (κ3) is 8.30. The lowest BCUT2D eigenvalue weighted by Crippen LogP contribution is -2.54. The molecule has 0 saturated carbocycles. The van der Waals surface area contributed by atoms with Crippen LogP contribution in [0.1, 0.15) is 38.8 Å². The number of hydrogen-bond donors (Lipinski definition) is 1. The van der Waals surface area contributed by atoms with Crippen LogP contribution >= 0.6 is 46.4 Å². The van der Waals surface area contributed by atoms with Crippen molar-refractivity contribution in [3.8, 4) is 0 Å². The molecule has 0 spiro atoms. The first-order valence-electron chi connectivity index (χ1n) is 12.6. The van der Waals surface area contributed by atoms with Gasteiger partial charge in [-0.1, -0.05) is 70.2 Å². The Labute approximate surface area is 261 Å². The van der Waals surface area contributed by atoms with Crippen molar-refractivity contribution in [2.24, 2.45) is 0 Å². The molecule has 3 aromatic rings. The van der Waals surface area contributed by atoms with E-state index in [0.717, 1.165) is 9.87 Å². The van der Waals surface area contributed by atoms with E-state index in [9.17, 15) is 18.0 Å². The zero-order chi connectivity index (χ0) is 30.7. The summed E-state index contributed by atoms with van der Waals surface area (Å²) >= 11 is 25.5. The molecule has 0 radical (unpaired) electrons. The van der Waals surface area contributed by atoms with Gasteiger partial charge in [0.2, 0.25) is 11.8 Å². The fraction of sp³-hybridized carbons (Fsp3) is 0.310. The van der Waals surface area contributed by atoms with Crippen molar-refractivity contribution >= 4 is 73.9 Å². The lowest BCUT2D eigenvalue weighted by atomic mass is 10.1. The van der Waals surface area contributed by atoms with Crippen molar-refractivity contribution < 1.29 is 18.0 Å². The summed E-state index contributed by atoms with van der Waals surface area (Å²) in [5.74, 6) is -1.13. The Bertz CT molecular complexity index is 1520. The molecule has 1 unspecified atom stereocenters. The predicted octanol–water partition coefficient (Wildman–Crippen LogP) is 7.14. The van der Waals surface area contributed by atoms with Gasteiger partial charge >= 0.3 is 0 Å². The summed E-state index contributed by atoms with van der Waals surface area (Å²) in [4.78, 5) is 28.5. The predicted molar refractivity (Wildman–Crippen MR) is 167 cm³/mol. The Kier molecular flexibility index (Phi) is 10.6. The highest BCUT2D eigenvalue weighted by Crippen LogP contribution is 2.34. The molecule has 7 nitrogen and oxygen atoms in total. The quantitative estimate of drug-likeness (QED) is 0.265. The smallest absolute Gasteiger partial charge is 0.264 e. The molecule has 0 aliphatic carbocycles. The molecule has 220 valence electrons. The maximum atomic E-state index is 14.1. The van der Waals surface area contributed by atoms with Crippen LogP contribution in [0.4, 0.5) is 5.69 Å². The van der Waals surface area contributed by atoms with Gasteiger partial charge in [-0.05, 0) is 77.1 Å². The van der Waals surface area contributed by atoms with E-state index < -0.39 is 40.0 Å². The first-order chi connectivity index (χ1) is 19.0. The van der Waals surface area contributed by atoms with Crippen LogP contribution < -0.4 is 9.62 Å². The number of nitrogens with zero attached hydrogens (tertiary/aromatic N) is 2. The Hall–Kier alpha value is -2.49. The second-order valence-electron chi connectivity index (χ2n) is 10.6. The zero-order valence-corrected chi connectivity index (χ0v) is 27.1. The molecule has 0 aliphatic heterocycles. The van der Waals surface area contributed by atoms with Gasteiger partial charge in [0.15, 0.2) is 0 Å². The number of rotatable bonds is 9. The molecule has 12 heteroatoms. The highest BCUT2D eigenvalue weighted by atomic mass is 35.5. The molecule has 41 heavy (non-hydrogen) atoms. The van der Waals surface area contributed by atoms with E-state index in [-0.39, 0.29) is 27.2 Å². The Morgan fingerprint density at radius 3 is 2.05 bits per heavy atom. The van der Waals surface area contributed by atoms with E-state index in [1.807, 2.05) is 27.7 Å². The zero-order valence-electron chi connectivity index (χ0n) is 23.2. The van der Waals surface area contributed by atoms with Crippen LogP contribution in [0, 0.1) is 6.92 Å². The third-order valence-corrected chi connectivity index (χ3v) is 9.16. The SMILES string of the molecule is Cc1ccc(S(=O)(=O)N(CC(=O)N(Cc2c(Cl)cccc2Cl)C(C)C(=O)NC(C)(C)C)c2cc(Cl)ccc2Cl)cc1. The number of benzene rings is 3. The summed E-state index contributed by atoms with van der Waals surface area (Å²) in [6, 6.07) is 14.4. The number of amides is 2. The number of sulfonamides is 1. The second-order valence-corrected chi connectivity index (χ2v) is 14.1. The molecular weight excluding hydrogens is 628 g/mol. The highest BCUT2D eigenvalue weighted by molar-refractivity contribution is 7.92. The van der Waals surface area contributed by atoms with Crippen molar-refractivity contribution in [3.05, 3.63) is 91.9 Å². The van der Waals surface area contributed by atoms with Crippen molar-refractivity contribution in [1.29, 1.82) is 0 Å². The first kappa shape index (κ1) is 33.0. The minimum absolute atomic E-state index is 0.00983.